The Balaban J connectivity index is 4.16. The molecule has 0 aromatic carbocycles. The maximum absolute atomic E-state index is 10.4. The number of aliphatic carboxylic acids is 1. The van der Waals surface area contributed by atoms with Crippen LogP contribution in [0.15, 0.2) is 0 Å². The lowest BCUT2D eigenvalue weighted by Gasteiger charge is -2.31. The third kappa shape index (κ3) is 4.61. The fourth-order valence-corrected chi connectivity index (χ4v) is 1.51. The van der Waals surface area contributed by atoms with Gasteiger partial charge in [-0.25, -0.2) is 0 Å². The Bertz CT molecular complexity index is 177. The highest BCUT2D eigenvalue weighted by molar-refractivity contribution is 5.66. The zero-order valence-corrected chi connectivity index (χ0v) is 9.42. The lowest BCUT2D eigenvalue weighted by Crippen LogP contribution is -2.35. The Morgan fingerprint density at radius 1 is 1.36 bits per heavy atom. The first-order valence-corrected chi connectivity index (χ1v) is 5.36. The van der Waals surface area contributed by atoms with Crippen molar-refractivity contribution in [3.8, 4) is 0 Å². The summed E-state index contributed by atoms with van der Waals surface area (Å²) in [6.45, 7) is 5.95. The summed E-state index contributed by atoms with van der Waals surface area (Å²) in [6.07, 6.45) is 3.10. The third-order valence-electron chi connectivity index (χ3n) is 2.81. The summed E-state index contributed by atoms with van der Waals surface area (Å²) in [5, 5.41) is 18.8. The van der Waals surface area contributed by atoms with E-state index < -0.39 is 11.6 Å². The number of rotatable bonds is 7. The van der Waals surface area contributed by atoms with Gasteiger partial charge < -0.3 is 10.2 Å². The fraction of sp³-hybridized carbons (Fsp3) is 0.909. The number of carbonyl (C=O) groups is 1. The molecule has 1 unspecified atom stereocenters. The van der Waals surface area contributed by atoms with E-state index in [1.165, 1.54) is 0 Å². The number of aliphatic hydroxyl groups is 1. The molecule has 3 heteroatoms. The lowest BCUT2D eigenvalue weighted by atomic mass is 9.82. The molecule has 0 bridgehead atoms. The van der Waals surface area contributed by atoms with E-state index >= 15 is 0 Å². The molecular weight excluding hydrogens is 180 g/mol. The molecule has 0 aliphatic carbocycles. The summed E-state index contributed by atoms with van der Waals surface area (Å²) in [4.78, 5) is 10.4. The number of hydrogen-bond donors (Lipinski definition) is 2. The van der Waals surface area contributed by atoms with Gasteiger partial charge in [-0.05, 0) is 18.8 Å². The monoisotopic (exact) mass is 202 g/mol. The SMILES string of the molecule is CCCCC(O)(CCC(=O)O)C(C)C. The molecule has 0 aliphatic heterocycles. The molecule has 14 heavy (non-hydrogen) atoms. The van der Waals surface area contributed by atoms with Crippen LogP contribution in [0, 0.1) is 5.92 Å². The molecule has 0 aromatic heterocycles. The quantitative estimate of drug-likeness (QED) is 0.666. The van der Waals surface area contributed by atoms with Crippen molar-refractivity contribution in [1.82, 2.24) is 0 Å². The van der Waals surface area contributed by atoms with E-state index in [4.69, 9.17) is 5.11 Å². The van der Waals surface area contributed by atoms with Crippen LogP contribution in [0.1, 0.15) is 52.9 Å². The van der Waals surface area contributed by atoms with Crippen LogP contribution in [0.5, 0.6) is 0 Å². The molecular formula is C11H22O3. The molecule has 0 rings (SSSR count). The second kappa shape index (κ2) is 6.02. The van der Waals surface area contributed by atoms with E-state index in [0.717, 1.165) is 12.8 Å². The van der Waals surface area contributed by atoms with Crippen LogP contribution in [-0.2, 0) is 4.79 Å². The van der Waals surface area contributed by atoms with Crippen molar-refractivity contribution in [1.29, 1.82) is 0 Å². The first-order valence-electron chi connectivity index (χ1n) is 5.36. The second-order valence-corrected chi connectivity index (χ2v) is 4.26. The zero-order chi connectivity index (χ0) is 11.2. The van der Waals surface area contributed by atoms with E-state index in [9.17, 15) is 9.90 Å². The van der Waals surface area contributed by atoms with Crippen LogP contribution in [-0.4, -0.2) is 21.8 Å². The largest absolute Gasteiger partial charge is 0.481 e. The van der Waals surface area contributed by atoms with Crippen LogP contribution in [0.2, 0.25) is 0 Å². The van der Waals surface area contributed by atoms with Gasteiger partial charge in [0, 0.05) is 6.42 Å². The Hall–Kier alpha value is -0.570. The average molecular weight is 202 g/mol. The molecule has 0 amide bonds. The lowest BCUT2D eigenvalue weighted by molar-refractivity contribution is -0.139. The summed E-state index contributed by atoms with van der Waals surface area (Å²) in [6, 6.07) is 0. The van der Waals surface area contributed by atoms with Gasteiger partial charge >= 0.3 is 5.97 Å². The van der Waals surface area contributed by atoms with Gasteiger partial charge in [0.2, 0.25) is 0 Å². The Morgan fingerprint density at radius 2 is 1.93 bits per heavy atom. The van der Waals surface area contributed by atoms with Gasteiger partial charge in [0.1, 0.15) is 0 Å². The van der Waals surface area contributed by atoms with Crippen LogP contribution in [0.25, 0.3) is 0 Å². The van der Waals surface area contributed by atoms with Gasteiger partial charge in [0.05, 0.1) is 5.60 Å². The van der Waals surface area contributed by atoms with Gasteiger partial charge in [-0.15, -0.1) is 0 Å². The first kappa shape index (κ1) is 13.4. The number of carboxylic acid groups (broad SMARTS) is 1. The summed E-state index contributed by atoms with van der Waals surface area (Å²) >= 11 is 0. The van der Waals surface area contributed by atoms with Crippen molar-refractivity contribution in [3.05, 3.63) is 0 Å². The number of hydrogen-bond acceptors (Lipinski definition) is 2. The van der Waals surface area contributed by atoms with Crippen molar-refractivity contribution in [2.75, 3.05) is 0 Å². The highest BCUT2D eigenvalue weighted by atomic mass is 16.4. The minimum Gasteiger partial charge on any atom is -0.481 e. The highest BCUT2D eigenvalue weighted by Gasteiger charge is 2.30. The van der Waals surface area contributed by atoms with Crippen molar-refractivity contribution in [2.45, 2.75) is 58.5 Å². The topological polar surface area (TPSA) is 57.5 Å². The first-order chi connectivity index (χ1) is 6.42. The molecule has 3 nitrogen and oxygen atoms in total. The van der Waals surface area contributed by atoms with E-state index in [0.29, 0.717) is 12.8 Å². The molecule has 84 valence electrons. The molecule has 0 fully saturated rings. The second-order valence-electron chi connectivity index (χ2n) is 4.26. The average Bonchev–Trinajstić information content (AvgIpc) is 2.11. The highest BCUT2D eigenvalue weighted by Crippen LogP contribution is 2.28. The number of unbranched alkanes of at least 4 members (excludes halogenated alkanes) is 1. The van der Waals surface area contributed by atoms with Gasteiger partial charge in [0.25, 0.3) is 0 Å². The minimum absolute atomic E-state index is 0.0540. The van der Waals surface area contributed by atoms with Gasteiger partial charge in [-0.2, -0.15) is 0 Å². The summed E-state index contributed by atoms with van der Waals surface area (Å²) in [5.74, 6) is -0.714. The van der Waals surface area contributed by atoms with E-state index in [1.807, 2.05) is 13.8 Å². The molecule has 2 N–H and O–H groups in total. The van der Waals surface area contributed by atoms with Crippen LogP contribution < -0.4 is 0 Å². The van der Waals surface area contributed by atoms with Crippen molar-refractivity contribution >= 4 is 5.97 Å². The van der Waals surface area contributed by atoms with Crippen LogP contribution in [0.4, 0.5) is 0 Å². The van der Waals surface area contributed by atoms with Crippen molar-refractivity contribution in [3.63, 3.8) is 0 Å². The predicted octanol–water partition coefficient (Wildman–Crippen LogP) is 2.43. The minimum atomic E-state index is -0.833. The Labute approximate surface area is 86.1 Å². The van der Waals surface area contributed by atoms with Gasteiger partial charge in [0.15, 0.2) is 0 Å². The molecule has 0 heterocycles. The van der Waals surface area contributed by atoms with E-state index in [2.05, 4.69) is 6.92 Å². The normalized spacial score (nSPS) is 15.5. The molecule has 0 aromatic rings. The van der Waals surface area contributed by atoms with E-state index in [-0.39, 0.29) is 12.3 Å². The summed E-state index contributed by atoms with van der Waals surface area (Å²) < 4.78 is 0. The van der Waals surface area contributed by atoms with Crippen LogP contribution in [0.3, 0.4) is 0 Å². The van der Waals surface area contributed by atoms with Crippen LogP contribution >= 0.6 is 0 Å². The van der Waals surface area contributed by atoms with Crippen molar-refractivity contribution < 1.29 is 15.0 Å². The smallest absolute Gasteiger partial charge is 0.303 e. The Morgan fingerprint density at radius 3 is 2.29 bits per heavy atom. The zero-order valence-electron chi connectivity index (χ0n) is 9.42. The molecule has 0 aliphatic rings. The molecule has 0 radical (unpaired) electrons. The summed E-state index contributed by atoms with van der Waals surface area (Å²) in [7, 11) is 0. The van der Waals surface area contributed by atoms with Gasteiger partial charge in [-0.1, -0.05) is 33.6 Å². The molecule has 0 saturated carbocycles. The Kier molecular flexibility index (Phi) is 5.77. The van der Waals surface area contributed by atoms with E-state index in [1.54, 1.807) is 0 Å². The number of carboxylic acids is 1. The molecule has 0 spiro atoms. The summed E-state index contributed by atoms with van der Waals surface area (Å²) in [5.41, 5.74) is -0.797. The molecule has 0 saturated heterocycles. The maximum atomic E-state index is 10.4. The maximum Gasteiger partial charge on any atom is 0.303 e. The fourth-order valence-electron chi connectivity index (χ4n) is 1.51. The predicted molar refractivity (Wildman–Crippen MR) is 56.2 cm³/mol. The van der Waals surface area contributed by atoms with Crippen molar-refractivity contribution in [2.24, 2.45) is 5.92 Å². The van der Waals surface area contributed by atoms with Gasteiger partial charge in [-0.3, -0.25) is 4.79 Å². The third-order valence-corrected chi connectivity index (χ3v) is 2.81. The standard InChI is InChI=1S/C11H22O3/c1-4-5-7-11(14,9(2)3)8-6-10(12)13/h9,14H,4-8H2,1-3H3,(H,12,13). The molecule has 1 atom stereocenters.